The molecule has 0 spiro atoms. The Morgan fingerprint density at radius 2 is 1.84 bits per heavy atom. The third kappa shape index (κ3) is 2.97. The second-order valence-electron chi connectivity index (χ2n) is 3.97. The van der Waals surface area contributed by atoms with Gasteiger partial charge in [-0.1, -0.05) is 11.6 Å². The van der Waals surface area contributed by atoms with Crippen molar-refractivity contribution in [2.24, 2.45) is 0 Å². The molecule has 0 aliphatic heterocycles. The fourth-order valence-electron chi connectivity index (χ4n) is 1.49. The molecular formula is C12H12ClN3O2S. The van der Waals surface area contributed by atoms with Gasteiger partial charge in [-0.3, -0.25) is 4.72 Å². The highest BCUT2D eigenvalue weighted by Gasteiger charge is 2.17. The first-order valence-corrected chi connectivity index (χ1v) is 7.26. The molecule has 0 aliphatic carbocycles. The molecule has 7 heteroatoms. The predicted molar refractivity (Wildman–Crippen MR) is 75.6 cm³/mol. The van der Waals surface area contributed by atoms with Crippen LogP contribution in [0.15, 0.2) is 41.4 Å². The third-order valence-corrected chi connectivity index (χ3v) is 4.19. The van der Waals surface area contributed by atoms with Crippen molar-refractivity contribution in [2.75, 3.05) is 10.5 Å². The van der Waals surface area contributed by atoms with E-state index in [1.165, 1.54) is 30.5 Å². The first-order chi connectivity index (χ1) is 8.90. The van der Waals surface area contributed by atoms with Crippen LogP contribution in [0.3, 0.4) is 0 Å². The van der Waals surface area contributed by atoms with Crippen LogP contribution >= 0.6 is 11.6 Å². The number of aromatic nitrogens is 1. The zero-order valence-electron chi connectivity index (χ0n) is 10.1. The molecular weight excluding hydrogens is 286 g/mol. The maximum atomic E-state index is 12.2. The monoisotopic (exact) mass is 297 g/mol. The van der Waals surface area contributed by atoms with Gasteiger partial charge in [0.1, 0.15) is 0 Å². The van der Waals surface area contributed by atoms with Crippen LogP contribution in [0.4, 0.5) is 11.4 Å². The van der Waals surface area contributed by atoms with Gasteiger partial charge in [0.15, 0.2) is 5.15 Å². The maximum Gasteiger partial charge on any atom is 0.262 e. The van der Waals surface area contributed by atoms with Gasteiger partial charge in [-0.05, 0) is 42.8 Å². The highest BCUT2D eigenvalue weighted by molar-refractivity contribution is 7.92. The Balaban J connectivity index is 2.39. The highest BCUT2D eigenvalue weighted by Crippen LogP contribution is 2.26. The van der Waals surface area contributed by atoms with E-state index in [4.69, 9.17) is 17.3 Å². The second kappa shape index (κ2) is 5.07. The fourth-order valence-corrected chi connectivity index (χ4v) is 2.94. The van der Waals surface area contributed by atoms with Crippen LogP contribution in [0.5, 0.6) is 0 Å². The summed E-state index contributed by atoms with van der Waals surface area (Å²) < 4.78 is 26.8. The Hall–Kier alpha value is -1.79. The van der Waals surface area contributed by atoms with Crippen molar-refractivity contribution in [3.05, 3.63) is 47.2 Å². The number of sulfonamides is 1. The van der Waals surface area contributed by atoms with Gasteiger partial charge >= 0.3 is 0 Å². The summed E-state index contributed by atoms with van der Waals surface area (Å²) in [4.78, 5) is 3.96. The quantitative estimate of drug-likeness (QED) is 0.673. The number of benzene rings is 1. The number of anilines is 2. The average molecular weight is 298 g/mol. The molecule has 3 N–H and O–H groups in total. The molecule has 5 nitrogen and oxygen atoms in total. The molecule has 2 rings (SSSR count). The standard InChI is InChI=1S/C12H12ClN3O2S/c1-8-6-7-15-12(13)11(8)16-19(17,18)10-4-2-9(14)3-5-10/h2-7,16H,14H2,1H3. The van der Waals surface area contributed by atoms with E-state index in [2.05, 4.69) is 9.71 Å². The summed E-state index contributed by atoms with van der Waals surface area (Å²) in [5.41, 5.74) is 6.99. The number of nitrogens with zero attached hydrogens (tertiary/aromatic N) is 1. The van der Waals surface area contributed by atoms with E-state index >= 15 is 0 Å². The summed E-state index contributed by atoms with van der Waals surface area (Å²) in [6.45, 7) is 1.74. The molecule has 0 bridgehead atoms. The molecule has 0 unspecified atom stereocenters. The van der Waals surface area contributed by atoms with E-state index in [-0.39, 0.29) is 15.7 Å². The van der Waals surface area contributed by atoms with Crippen molar-refractivity contribution in [2.45, 2.75) is 11.8 Å². The molecule has 0 fully saturated rings. The van der Waals surface area contributed by atoms with Crippen LogP contribution in [0.2, 0.25) is 5.15 Å². The number of rotatable bonds is 3. The Bertz CT molecular complexity index is 679. The van der Waals surface area contributed by atoms with Gasteiger partial charge in [-0.15, -0.1) is 0 Å². The number of nitrogen functional groups attached to an aromatic ring is 1. The zero-order chi connectivity index (χ0) is 14.0. The van der Waals surface area contributed by atoms with E-state index in [0.29, 0.717) is 11.3 Å². The van der Waals surface area contributed by atoms with Crippen molar-refractivity contribution in [3.8, 4) is 0 Å². The summed E-state index contributed by atoms with van der Waals surface area (Å²) in [5.74, 6) is 0. The van der Waals surface area contributed by atoms with Gasteiger partial charge in [0.25, 0.3) is 10.0 Å². The lowest BCUT2D eigenvalue weighted by Gasteiger charge is -2.11. The van der Waals surface area contributed by atoms with Gasteiger partial charge in [0.2, 0.25) is 0 Å². The molecule has 100 valence electrons. The number of nitrogens with two attached hydrogens (primary N) is 1. The van der Waals surface area contributed by atoms with E-state index in [0.717, 1.165) is 0 Å². The van der Waals surface area contributed by atoms with Crippen LogP contribution in [0.25, 0.3) is 0 Å². The van der Waals surface area contributed by atoms with E-state index < -0.39 is 10.0 Å². The number of nitrogens with one attached hydrogen (secondary N) is 1. The number of halogens is 1. The minimum atomic E-state index is -3.71. The van der Waals surface area contributed by atoms with E-state index in [1.54, 1.807) is 13.0 Å². The summed E-state index contributed by atoms with van der Waals surface area (Å²) in [6.07, 6.45) is 1.51. The highest BCUT2D eigenvalue weighted by atomic mass is 35.5. The molecule has 2 aromatic rings. The van der Waals surface area contributed by atoms with Crippen LogP contribution in [0, 0.1) is 6.92 Å². The topological polar surface area (TPSA) is 85.1 Å². The molecule has 19 heavy (non-hydrogen) atoms. The van der Waals surface area contributed by atoms with Gasteiger partial charge in [0, 0.05) is 11.9 Å². The van der Waals surface area contributed by atoms with Crippen molar-refractivity contribution in [1.82, 2.24) is 4.98 Å². The average Bonchev–Trinajstić information content (AvgIpc) is 2.35. The third-order valence-electron chi connectivity index (χ3n) is 2.54. The second-order valence-corrected chi connectivity index (χ2v) is 6.01. The van der Waals surface area contributed by atoms with Gasteiger partial charge < -0.3 is 5.73 Å². The SMILES string of the molecule is Cc1ccnc(Cl)c1NS(=O)(=O)c1ccc(N)cc1. The summed E-state index contributed by atoms with van der Waals surface area (Å²) in [7, 11) is -3.71. The maximum absolute atomic E-state index is 12.2. The molecule has 0 radical (unpaired) electrons. The van der Waals surface area contributed by atoms with Crippen molar-refractivity contribution < 1.29 is 8.42 Å². The van der Waals surface area contributed by atoms with Crippen molar-refractivity contribution in [1.29, 1.82) is 0 Å². The van der Waals surface area contributed by atoms with Gasteiger partial charge in [0.05, 0.1) is 10.6 Å². The number of pyridine rings is 1. The van der Waals surface area contributed by atoms with Crippen LogP contribution in [0.1, 0.15) is 5.56 Å². The summed E-state index contributed by atoms with van der Waals surface area (Å²) in [6, 6.07) is 7.57. The van der Waals surface area contributed by atoms with Crippen molar-refractivity contribution in [3.63, 3.8) is 0 Å². The van der Waals surface area contributed by atoms with Crippen LogP contribution in [-0.2, 0) is 10.0 Å². The molecule has 0 saturated heterocycles. The molecule has 0 saturated carbocycles. The molecule has 1 heterocycles. The van der Waals surface area contributed by atoms with Crippen LogP contribution < -0.4 is 10.5 Å². The van der Waals surface area contributed by atoms with Crippen molar-refractivity contribution >= 4 is 33.0 Å². The van der Waals surface area contributed by atoms with Gasteiger partial charge in [-0.2, -0.15) is 0 Å². The Kier molecular flexibility index (Phi) is 3.64. The Labute approximate surface area is 116 Å². The smallest absolute Gasteiger partial charge is 0.262 e. The molecule has 1 aromatic carbocycles. The largest absolute Gasteiger partial charge is 0.399 e. The van der Waals surface area contributed by atoms with Crippen LogP contribution in [-0.4, -0.2) is 13.4 Å². The molecule has 1 aromatic heterocycles. The fraction of sp³-hybridized carbons (Fsp3) is 0.0833. The Morgan fingerprint density at radius 1 is 1.21 bits per heavy atom. The molecule has 0 atom stereocenters. The number of hydrogen-bond donors (Lipinski definition) is 2. The zero-order valence-corrected chi connectivity index (χ0v) is 11.7. The minimum absolute atomic E-state index is 0.110. The minimum Gasteiger partial charge on any atom is -0.399 e. The summed E-state index contributed by atoms with van der Waals surface area (Å²) in [5, 5.41) is 0.110. The number of hydrogen-bond acceptors (Lipinski definition) is 4. The lowest BCUT2D eigenvalue weighted by atomic mass is 10.3. The first kappa shape index (κ1) is 13.6. The molecule has 0 aliphatic rings. The lowest BCUT2D eigenvalue weighted by Crippen LogP contribution is -2.14. The Morgan fingerprint density at radius 3 is 2.42 bits per heavy atom. The van der Waals surface area contributed by atoms with E-state index in [9.17, 15) is 8.42 Å². The lowest BCUT2D eigenvalue weighted by molar-refractivity contribution is 0.601. The predicted octanol–water partition coefficient (Wildman–Crippen LogP) is 2.43. The number of aryl methyl sites for hydroxylation is 1. The first-order valence-electron chi connectivity index (χ1n) is 5.39. The normalized spacial score (nSPS) is 11.3. The van der Waals surface area contributed by atoms with E-state index in [1.807, 2.05) is 0 Å². The van der Waals surface area contributed by atoms with Gasteiger partial charge in [-0.25, -0.2) is 13.4 Å². The molecule has 0 amide bonds. The summed E-state index contributed by atoms with van der Waals surface area (Å²) >= 11 is 5.89.